The molecule has 2 aromatic rings. The highest BCUT2D eigenvalue weighted by Crippen LogP contribution is 2.26. The maximum atomic E-state index is 12.5. The van der Waals surface area contributed by atoms with E-state index in [0.29, 0.717) is 24.1 Å². The van der Waals surface area contributed by atoms with E-state index in [1.807, 2.05) is 24.3 Å². The van der Waals surface area contributed by atoms with Crippen molar-refractivity contribution in [1.82, 2.24) is 4.90 Å². The third kappa shape index (κ3) is 4.91. The monoisotopic (exact) mass is 393 g/mol. The van der Waals surface area contributed by atoms with E-state index < -0.39 is 0 Å². The van der Waals surface area contributed by atoms with Crippen molar-refractivity contribution in [2.75, 3.05) is 43.0 Å². The lowest BCUT2D eigenvalue weighted by Crippen LogP contribution is -2.46. The maximum Gasteiger partial charge on any atom is 0.255 e. The number of carbonyl (C=O) groups excluding carboxylic acids is 1. The van der Waals surface area contributed by atoms with Crippen LogP contribution in [0.15, 0.2) is 48.5 Å². The van der Waals surface area contributed by atoms with Crippen molar-refractivity contribution in [3.63, 3.8) is 0 Å². The Kier molecular flexibility index (Phi) is 6.05. The van der Waals surface area contributed by atoms with Gasteiger partial charge >= 0.3 is 0 Å². The van der Waals surface area contributed by atoms with Crippen LogP contribution in [0.2, 0.25) is 0 Å². The molecule has 1 amide bonds. The van der Waals surface area contributed by atoms with Gasteiger partial charge in [0.05, 0.1) is 6.61 Å². The number of rotatable bonds is 7. The fourth-order valence-corrected chi connectivity index (χ4v) is 3.90. The molecular weight excluding hydrogens is 362 g/mol. The number of benzene rings is 2. The largest absolute Gasteiger partial charge is 0.493 e. The van der Waals surface area contributed by atoms with Gasteiger partial charge in [-0.25, -0.2) is 0 Å². The summed E-state index contributed by atoms with van der Waals surface area (Å²) < 4.78 is 5.68. The van der Waals surface area contributed by atoms with Gasteiger partial charge in [-0.15, -0.1) is 0 Å². The minimum absolute atomic E-state index is 0.104. The van der Waals surface area contributed by atoms with E-state index in [1.165, 1.54) is 31.6 Å². The first-order chi connectivity index (χ1) is 14.1. The van der Waals surface area contributed by atoms with Crippen molar-refractivity contribution in [2.24, 2.45) is 5.92 Å². The molecule has 2 saturated heterocycles. The lowest BCUT2D eigenvalue weighted by Gasteiger charge is -2.36. The quantitative estimate of drug-likeness (QED) is 0.763. The van der Waals surface area contributed by atoms with Crippen LogP contribution in [-0.4, -0.2) is 49.6 Å². The SMILES string of the molecule is CC(C)COc1ccc(C(=O)Nc2ccc(N3CCC(N4CCC4)C3)cc2)cc1. The Labute approximate surface area is 173 Å². The standard InChI is InChI=1S/C24H31N3O2/c1-18(2)17-29-23-10-4-19(5-11-23)24(28)25-20-6-8-21(9-7-20)27-15-12-22(16-27)26-13-3-14-26/h4-11,18,22H,3,12-17H2,1-2H3,(H,25,28). The van der Waals surface area contributed by atoms with Crippen LogP contribution in [0.1, 0.15) is 37.0 Å². The summed E-state index contributed by atoms with van der Waals surface area (Å²) in [5.74, 6) is 1.16. The van der Waals surface area contributed by atoms with Crippen LogP contribution >= 0.6 is 0 Å². The number of hydrogen-bond acceptors (Lipinski definition) is 4. The first-order valence-electron chi connectivity index (χ1n) is 10.7. The highest BCUT2D eigenvalue weighted by atomic mass is 16.5. The first-order valence-corrected chi connectivity index (χ1v) is 10.7. The van der Waals surface area contributed by atoms with Gasteiger partial charge in [0.1, 0.15) is 5.75 Å². The molecular formula is C24H31N3O2. The van der Waals surface area contributed by atoms with Gasteiger partial charge in [-0.3, -0.25) is 9.69 Å². The molecule has 2 aliphatic heterocycles. The number of hydrogen-bond donors (Lipinski definition) is 1. The van der Waals surface area contributed by atoms with E-state index in [9.17, 15) is 4.79 Å². The van der Waals surface area contributed by atoms with Crippen molar-refractivity contribution in [1.29, 1.82) is 0 Å². The first kappa shape index (κ1) is 19.8. The van der Waals surface area contributed by atoms with Gasteiger partial charge in [0.15, 0.2) is 0 Å². The number of likely N-dealkylation sites (tertiary alicyclic amines) is 1. The second-order valence-corrected chi connectivity index (χ2v) is 8.51. The highest BCUT2D eigenvalue weighted by Gasteiger charge is 2.30. The summed E-state index contributed by atoms with van der Waals surface area (Å²) in [7, 11) is 0. The number of carbonyl (C=O) groups is 1. The minimum Gasteiger partial charge on any atom is -0.493 e. The van der Waals surface area contributed by atoms with Crippen LogP contribution in [-0.2, 0) is 0 Å². The molecule has 0 radical (unpaired) electrons. The summed E-state index contributed by atoms with van der Waals surface area (Å²) >= 11 is 0. The number of ether oxygens (including phenoxy) is 1. The Morgan fingerprint density at radius 2 is 1.79 bits per heavy atom. The Morgan fingerprint density at radius 1 is 1.07 bits per heavy atom. The van der Waals surface area contributed by atoms with Crippen LogP contribution in [0, 0.1) is 5.92 Å². The van der Waals surface area contributed by atoms with E-state index in [4.69, 9.17) is 4.74 Å². The topological polar surface area (TPSA) is 44.8 Å². The average Bonchev–Trinajstić information content (AvgIpc) is 3.15. The van der Waals surface area contributed by atoms with Crippen molar-refractivity contribution in [3.05, 3.63) is 54.1 Å². The zero-order valence-electron chi connectivity index (χ0n) is 17.4. The summed E-state index contributed by atoms with van der Waals surface area (Å²) in [6.07, 6.45) is 2.59. The molecule has 2 aliphatic rings. The van der Waals surface area contributed by atoms with Gasteiger partial charge < -0.3 is 15.0 Å². The molecule has 29 heavy (non-hydrogen) atoms. The molecule has 0 bridgehead atoms. The van der Waals surface area contributed by atoms with E-state index in [0.717, 1.165) is 24.5 Å². The zero-order chi connectivity index (χ0) is 20.2. The molecule has 1 atom stereocenters. The van der Waals surface area contributed by atoms with Crippen molar-refractivity contribution >= 4 is 17.3 Å². The summed E-state index contributed by atoms with van der Waals surface area (Å²) in [6.45, 7) is 9.63. The summed E-state index contributed by atoms with van der Waals surface area (Å²) in [5.41, 5.74) is 2.68. The molecule has 1 unspecified atom stereocenters. The summed E-state index contributed by atoms with van der Waals surface area (Å²) in [4.78, 5) is 17.6. The van der Waals surface area contributed by atoms with Gasteiger partial charge in [0, 0.05) is 36.1 Å². The molecule has 2 fully saturated rings. The number of nitrogens with one attached hydrogen (secondary N) is 1. The molecule has 4 rings (SSSR count). The third-order valence-corrected chi connectivity index (χ3v) is 5.76. The van der Waals surface area contributed by atoms with E-state index in [-0.39, 0.29) is 5.91 Å². The lowest BCUT2D eigenvalue weighted by atomic mass is 10.1. The van der Waals surface area contributed by atoms with Gasteiger partial charge in [-0.05, 0) is 80.4 Å². The maximum absolute atomic E-state index is 12.5. The number of anilines is 2. The molecule has 0 spiro atoms. The van der Waals surface area contributed by atoms with Gasteiger partial charge in [0.2, 0.25) is 0 Å². The van der Waals surface area contributed by atoms with Crippen molar-refractivity contribution in [3.8, 4) is 5.75 Å². The second-order valence-electron chi connectivity index (χ2n) is 8.51. The Bertz CT molecular complexity index is 813. The summed E-state index contributed by atoms with van der Waals surface area (Å²) in [6, 6.07) is 16.2. The van der Waals surface area contributed by atoms with E-state index in [2.05, 4.69) is 41.1 Å². The van der Waals surface area contributed by atoms with Gasteiger partial charge in [-0.1, -0.05) is 13.8 Å². The predicted molar refractivity (Wildman–Crippen MR) is 118 cm³/mol. The molecule has 2 aromatic carbocycles. The molecule has 0 aromatic heterocycles. The molecule has 5 heteroatoms. The van der Waals surface area contributed by atoms with Gasteiger partial charge in [0.25, 0.3) is 5.91 Å². The lowest BCUT2D eigenvalue weighted by molar-refractivity contribution is 0.102. The minimum atomic E-state index is -0.104. The fraction of sp³-hybridized carbons (Fsp3) is 0.458. The fourth-order valence-electron chi connectivity index (χ4n) is 3.90. The molecule has 0 aliphatic carbocycles. The summed E-state index contributed by atoms with van der Waals surface area (Å²) in [5, 5.41) is 2.98. The smallest absolute Gasteiger partial charge is 0.255 e. The molecule has 0 saturated carbocycles. The van der Waals surface area contributed by atoms with Crippen LogP contribution < -0.4 is 15.0 Å². The van der Waals surface area contributed by atoms with Crippen LogP contribution in [0.3, 0.4) is 0 Å². The van der Waals surface area contributed by atoms with Crippen molar-refractivity contribution < 1.29 is 9.53 Å². The molecule has 2 heterocycles. The molecule has 5 nitrogen and oxygen atoms in total. The van der Waals surface area contributed by atoms with Crippen molar-refractivity contribution in [2.45, 2.75) is 32.7 Å². The molecule has 154 valence electrons. The van der Waals surface area contributed by atoms with Crippen LogP contribution in [0.5, 0.6) is 5.75 Å². The Hall–Kier alpha value is -2.53. The normalized spacial score (nSPS) is 19.3. The highest BCUT2D eigenvalue weighted by molar-refractivity contribution is 6.04. The van der Waals surface area contributed by atoms with Gasteiger partial charge in [-0.2, -0.15) is 0 Å². The zero-order valence-corrected chi connectivity index (χ0v) is 17.4. The Balaban J connectivity index is 1.31. The molecule has 1 N–H and O–H groups in total. The second kappa shape index (κ2) is 8.87. The average molecular weight is 394 g/mol. The van der Waals surface area contributed by atoms with Crippen LogP contribution in [0.25, 0.3) is 0 Å². The third-order valence-electron chi connectivity index (χ3n) is 5.76. The van der Waals surface area contributed by atoms with Crippen LogP contribution in [0.4, 0.5) is 11.4 Å². The number of amides is 1. The Morgan fingerprint density at radius 3 is 2.41 bits per heavy atom. The number of nitrogens with zero attached hydrogens (tertiary/aromatic N) is 2. The van der Waals surface area contributed by atoms with E-state index in [1.54, 1.807) is 12.1 Å². The van der Waals surface area contributed by atoms with E-state index >= 15 is 0 Å². The predicted octanol–water partition coefficient (Wildman–Crippen LogP) is 4.26.